The Morgan fingerprint density at radius 3 is 2.69 bits per heavy atom. The molecule has 0 saturated carbocycles. The monoisotopic (exact) mass is 475 g/mol. The van der Waals surface area contributed by atoms with Crippen LogP contribution in [0.15, 0.2) is 35.1 Å². The summed E-state index contributed by atoms with van der Waals surface area (Å²) in [5.74, 6) is -0.481. The number of esters is 1. The number of para-hydroxylation sites is 1. The Hall–Kier alpha value is -3.52. The summed E-state index contributed by atoms with van der Waals surface area (Å²) in [7, 11) is 1.44. The molecular weight excluding hydrogens is 446 g/mol. The molecule has 0 radical (unpaired) electrons. The van der Waals surface area contributed by atoms with Crippen LogP contribution in [0.1, 0.15) is 49.9 Å². The number of amides is 1. The summed E-state index contributed by atoms with van der Waals surface area (Å²) >= 11 is 0. The molecule has 2 aromatic heterocycles. The molecule has 3 aromatic rings. The van der Waals surface area contributed by atoms with E-state index in [1.165, 1.54) is 7.11 Å². The number of carbonyl (C=O) groups excluding carboxylic acids is 2. The molecule has 1 aromatic carbocycles. The standard InChI is InChI=1S/C27H29N3O5/c1-15(2)29(16(3)31)11-10-17-18-8-6-7-9-22(18)28-24-19(17)13-30-23(24)12-21-20(25(30)32)14-35-26(33)27(21,4)34-5/h6-9,12,15H,10-11,13-14H2,1-5H3/t27-/m0/s1. The van der Waals surface area contributed by atoms with Crippen LogP contribution in [-0.4, -0.2) is 46.0 Å². The van der Waals surface area contributed by atoms with Crippen molar-refractivity contribution in [1.29, 1.82) is 0 Å². The topological polar surface area (TPSA) is 90.7 Å². The van der Waals surface area contributed by atoms with Crippen LogP contribution in [0.3, 0.4) is 0 Å². The van der Waals surface area contributed by atoms with Gasteiger partial charge in [0.1, 0.15) is 6.61 Å². The van der Waals surface area contributed by atoms with E-state index < -0.39 is 11.6 Å². The van der Waals surface area contributed by atoms with Crippen molar-refractivity contribution in [2.45, 2.75) is 58.9 Å². The first-order chi connectivity index (χ1) is 16.7. The van der Waals surface area contributed by atoms with Crippen molar-refractivity contribution < 1.29 is 19.1 Å². The van der Waals surface area contributed by atoms with Crippen molar-refractivity contribution in [2.75, 3.05) is 13.7 Å². The van der Waals surface area contributed by atoms with E-state index >= 15 is 0 Å². The Labute approximate surface area is 203 Å². The number of benzene rings is 1. The number of carbonyl (C=O) groups is 2. The van der Waals surface area contributed by atoms with E-state index in [1.807, 2.05) is 49.1 Å². The van der Waals surface area contributed by atoms with Gasteiger partial charge in [0.05, 0.1) is 29.0 Å². The van der Waals surface area contributed by atoms with E-state index in [-0.39, 0.29) is 24.1 Å². The number of cyclic esters (lactones) is 1. The zero-order chi connectivity index (χ0) is 25.1. The molecule has 1 atom stereocenters. The molecule has 8 nitrogen and oxygen atoms in total. The molecule has 0 fully saturated rings. The van der Waals surface area contributed by atoms with E-state index in [0.29, 0.717) is 36.3 Å². The number of hydrogen-bond acceptors (Lipinski definition) is 6. The van der Waals surface area contributed by atoms with Crippen LogP contribution in [0, 0.1) is 0 Å². The van der Waals surface area contributed by atoms with Crippen LogP contribution >= 0.6 is 0 Å². The first-order valence-electron chi connectivity index (χ1n) is 11.8. The normalized spacial score (nSPS) is 18.3. The number of pyridine rings is 2. The van der Waals surface area contributed by atoms with Gasteiger partial charge in [0, 0.05) is 43.1 Å². The second kappa shape index (κ2) is 8.30. The minimum absolute atomic E-state index is 0.0331. The molecule has 2 aliphatic rings. The number of hydrogen-bond donors (Lipinski definition) is 0. The fourth-order valence-corrected chi connectivity index (χ4v) is 5.34. The Morgan fingerprint density at radius 1 is 1.26 bits per heavy atom. The number of aromatic nitrogens is 2. The molecule has 5 rings (SSSR count). The molecular formula is C27H29N3O5. The third kappa shape index (κ3) is 3.46. The molecule has 0 unspecified atom stereocenters. The SMILES string of the molecule is CO[C@]1(C)C(=O)OCc2c1cc1n(c2=O)Cc2c-1nc1ccccc1c2CCN(C(C)=O)C(C)C. The summed E-state index contributed by atoms with van der Waals surface area (Å²) in [4.78, 5) is 45.1. The number of ether oxygens (including phenoxy) is 2. The Kier molecular flexibility index (Phi) is 5.51. The van der Waals surface area contributed by atoms with Crippen molar-refractivity contribution in [3.63, 3.8) is 0 Å². The molecule has 0 spiro atoms. The third-order valence-corrected chi connectivity index (χ3v) is 7.36. The van der Waals surface area contributed by atoms with Gasteiger partial charge in [-0.05, 0) is 44.9 Å². The smallest absolute Gasteiger partial charge is 0.343 e. The second-order valence-electron chi connectivity index (χ2n) is 9.62. The number of nitrogens with zero attached hydrogens (tertiary/aromatic N) is 3. The van der Waals surface area contributed by atoms with E-state index in [0.717, 1.165) is 27.7 Å². The summed E-state index contributed by atoms with van der Waals surface area (Å²) < 4.78 is 12.5. The molecule has 0 saturated heterocycles. The first-order valence-corrected chi connectivity index (χ1v) is 11.8. The van der Waals surface area contributed by atoms with Crippen molar-refractivity contribution in [2.24, 2.45) is 0 Å². The maximum absolute atomic E-state index is 13.6. The zero-order valence-electron chi connectivity index (χ0n) is 20.7. The van der Waals surface area contributed by atoms with Gasteiger partial charge in [-0.1, -0.05) is 18.2 Å². The second-order valence-corrected chi connectivity index (χ2v) is 9.62. The van der Waals surface area contributed by atoms with Crippen molar-refractivity contribution in [3.05, 3.63) is 62.9 Å². The highest BCUT2D eigenvalue weighted by Gasteiger charge is 2.45. The van der Waals surface area contributed by atoms with Gasteiger partial charge in [-0.3, -0.25) is 9.59 Å². The lowest BCUT2D eigenvalue weighted by Crippen LogP contribution is -2.44. The Bertz CT molecular complexity index is 1440. The lowest BCUT2D eigenvalue weighted by Gasteiger charge is -2.32. The molecule has 0 aliphatic carbocycles. The van der Waals surface area contributed by atoms with Gasteiger partial charge in [-0.15, -0.1) is 0 Å². The van der Waals surface area contributed by atoms with E-state index in [2.05, 4.69) is 0 Å². The molecule has 182 valence electrons. The average molecular weight is 476 g/mol. The molecule has 0 bridgehead atoms. The summed E-state index contributed by atoms with van der Waals surface area (Å²) in [6.45, 7) is 8.10. The lowest BCUT2D eigenvalue weighted by atomic mass is 9.89. The largest absolute Gasteiger partial charge is 0.458 e. The van der Waals surface area contributed by atoms with Crippen molar-refractivity contribution in [1.82, 2.24) is 14.5 Å². The summed E-state index contributed by atoms with van der Waals surface area (Å²) in [6, 6.07) is 9.86. The molecule has 1 amide bonds. The van der Waals surface area contributed by atoms with Crippen molar-refractivity contribution >= 4 is 22.8 Å². The average Bonchev–Trinajstić information content (AvgIpc) is 3.19. The van der Waals surface area contributed by atoms with Gasteiger partial charge in [0.2, 0.25) is 5.91 Å². The number of methoxy groups -OCH3 is 1. The maximum Gasteiger partial charge on any atom is 0.343 e. The minimum atomic E-state index is -1.36. The van der Waals surface area contributed by atoms with Gasteiger partial charge in [0.25, 0.3) is 5.56 Å². The molecule has 8 heteroatoms. The Morgan fingerprint density at radius 2 is 2.00 bits per heavy atom. The predicted molar refractivity (Wildman–Crippen MR) is 131 cm³/mol. The Balaban J connectivity index is 1.70. The van der Waals surface area contributed by atoms with Crippen molar-refractivity contribution in [3.8, 4) is 11.4 Å². The highest BCUT2D eigenvalue weighted by Crippen LogP contribution is 2.40. The third-order valence-electron chi connectivity index (χ3n) is 7.36. The van der Waals surface area contributed by atoms with Crippen LogP contribution in [0.4, 0.5) is 0 Å². The quantitative estimate of drug-likeness (QED) is 0.412. The van der Waals surface area contributed by atoms with Gasteiger partial charge < -0.3 is 18.9 Å². The molecule has 35 heavy (non-hydrogen) atoms. The number of rotatable bonds is 5. The lowest BCUT2D eigenvalue weighted by molar-refractivity contribution is -0.173. The maximum atomic E-state index is 13.6. The number of fused-ring (bicyclic) bond motifs is 5. The summed E-state index contributed by atoms with van der Waals surface area (Å²) in [6.07, 6.45) is 0.642. The highest BCUT2D eigenvalue weighted by atomic mass is 16.6. The van der Waals surface area contributed by atoms with Crippen LogP contribution in [0.25, 0.3) is 22.3 Å². The predicted octanol–water partition coefficient (Wildman–Crippen LogP) is 3.14. The van der Waals surface area contributed by atoms with E-state index in [9.17, 15) is 14.4 Å². The van der Waals surface area contributed by atoms with Crippen LogP contribution in [0.5, 0.6) is 0 Å². The van der Waals surface area contributed by atoms with Gasteiger partial charge >= 0.3 is 5.97 Å². The fraction of sp³-hybridized carbons (Fsp3) is 0.407. The fourth-order valence-electron chi connectivity index (χ4n) is 5.34. The zero-order valence-corrected chi connectivity index (χ0v) is 20.7. The molecule has 0 N–H and O–H groups in total. The van der Waals surface area contributed by atoms with E-state index in [4.69, 9.17) is 14.5 Å². The van der Waals surface area contributed by atoms with Crippen LogP contribution in [0.2, 0.25) is 0 Å². The highest BCUT2D eigenvalue weighted by molar-refractivity contribution is 5.89. The van der Waals surface area contributed by atoms with E-state index in [1.54, 1.807) is 18.4 Å². The van der Waals surface area contributed by atoms with Gasteiger partial charge in [0.15, 0.2) is 5.60 Å². The van der Waals surface area contributed by atoms with Gasteiger partial charge in [-0.25, -0.2) is 9.78 Å². The summed E-state index contributed by atoms with van der Waals surface area (Å²) in [5, 5.41) is 1.02. The van der Waals surface area contributed by atoms with Crippen LogP contribution < -0.4 is 5.56 Å². The molecule has 4 heterocycles. The van der Waals surface area contributed by atoms with Crippen LogP contribution in [-0.2, 0) is 44.2 Å². The minimum Gasteiger partial charge on any atom is -0.458 e. The molecule has 2 aliphatic heterocycles. The first kappa shape index (κ1) is 23.2. The van der Waals surface area contributed by atoms with Gasteiger partial charge in [-0.2, -0.15) is 0 Å². The summed E-state index contributed by atoms with van der Waals surface area (Å²) in [5.41, 5.74) is 3.68.